The molecule has 7 nitrogen and oxygen atoms in total. The highest BCUT2D eigenvalue weighted by Crippen LogP contribution is 2.17. The van der Waals surface area contributed by atoms with E-state index >= 15 is 0 Å². The fourth-order valence-corrected chi connectivity index (χ4v) is 3.29. The van der Waals surface area contributed by atoms with Gasteiger partial charge in [0.2, 0.25) is 11.8 Å². The SMILES string of the molecule is CCNC(=NCC1CCN(C(C)=O)CC1)NC1CCC(=O)N(C)C1. The Morgan fingerprint density at radius 3 is 2.58 bits per heavy atom. The van der Waals surface area contributed by atoms with E-state index < -0.39 is 0 Å². The van der Waals surface area contributed by atoms with E-state index in [1.165, 1.54) is 0 Å². The summed E-state index contributed by atoms with van der Waals surface area (Å²) in [6.07, 6.45) is 3.48. The minimum Gasteiger partial charge on any atom is -0.357 e. The molecule has 0 radical (unpaired) electrons. The molecule has 2 rings (SSSR count). The average Bonchev–Trinajstić information content (AvgIpc) is 2.56. The Balaban J connectivity index is 1.82. The molecule has 2 amide bonds. The second-order valence-electron chi connectivity index (χ2n) is 6.82. The molecule has 2 fully saturated rings. The Morgan fingerprint density at radius 2 is 2.00 bits per heavy atom. The number of likely N-dealkylation sites (N-methyl/N-ethyl adjacent to an activating group) is 1. The Hall–Kier alpha value is -1.79. The van der Waals surface area contributed by atoms with Crippen LogP contribution in [0.2, 0.25) is 0 Å². The maximum Gasteiger partial charge on any atom is 0.222 e. The number of guanidine groups is 1. The smallest absolute Gasteiger partial charge is 0.222 e. The number of carbonyl (C=O) groups is 2. The lowest BCUT2D eigenvalue weighted by molar-refractivity contribution is -0.132. The van der Waals surface area contributed by atoms with E-state index in [1.807, 2.05) is 11.9 Å². The summed E-state index contributed by atoms with van der Waals surface area (Å²) >= 11 is 0. The van der Waals surface area contributed by atoms with Crippen LogP contribution < -0.4 is 10.6 Å². The lowest BCUT2D eigenvalue weighted by atomic mass is 9.97. The van der Waals surface area contributed by atoms with Gasteiger partial charge in [-0.3, -0.25) is 14.6 Å². The van der Waals surface area contributed by atoms with E-state index in [0.29, 0.717) is 12.3 Å². The predicted octanol–water partition coefficient (Wildman–Crippen LogP) is 0.421. The van der Waals surface area contributed by atoms with Crippen molar-refractivity contribution in [3.63, 3.8) is 0 Å². The van der Waals surface area contributed by atoms with Crippen LogP contribution in [-0.4, -0.2) is 73.4 Å². The molecule has 0 aromatic rings. The molecule has 2 N–H and O–H groups in total. The van der Waals surface area contributed by atoms with Crippen molar-refractivity contribution in [2.75, 3.05) is 39.8 Å². The zero-order valence-electron chi connectivity index (χ0n) is 15.2. The standard InChI is InChI=1S/C17H31N5O2/c1-4-18-17(20-15-5-6-16(24)21(3)12-15)19-11-14-7-9-22(10-8-14)13(2)23/h14-15H,4-12H2,1-3H3,(H2,18,19,20). The molecule has 0 aliphatic carbocycles. The quantitative estimate of drug-likeness (QED) is 0.576. The summed E-state index contributed by atoms with van der Waals surface area (Å²) in [6.45, 7) is 7.69. The number of carbonyl (C=O) groups excluding carboxylic acids is 2. The van der Waals surface area contributed by atoms with Crippen LogP contribution in [0.25, 0.3) is 0 Å². The maximum atomic E-state index is 11.6. The monoisotopic (exact) mass is 337 g/mol. The van der Waals surface area contributed by atoms with Crippen LogP contribution in [0.1, 0.15) is 39.5 Å². The number of nitrogens with zero attached hydrogens (tertiary/aromatic N) is 3. The highest BCUT2D eigenvalue weighted by molar-refractivity contribution is 5.81. The number of likely N-dealkylation sites (tertiary alicyclic amines) is 2. The number of nitrogens with one attached hydrogen (secondary N) is 2. The summed E-state index contributed by atoms with van der Waals surface area (Å²) < 4.78 is 0. The molecule has 24 heavy (non-hydrogen) atoms. The highest BCUT2D eigenvalue weighted by Gasteiger charge is 2.24. The number of hydrogen-bond donors (Lipinski definition) is 2. The molecule has 1 unspecified atom stereocenters. The topological polar surface area (TPSA) is 77.0 Å². The summed E-state index contributed by atoms with van der Waals surface area (Å²) in [6, 6.07) is 0.255. The number of hydrogen-bond acceptors (Lipinski definition) is 3. The first-order chi connectivity index (χ1) is 11.5. The molecule has 2 aliphatic heterocycles. The van der Waals surface area contributed by atoms with Gasteiger partial charge in [-0.2, -0.15) is 0 Å². The van der Waals surface area contributed by atoms with Gasteiger partial charge in [0, 0.05) is 59.2 Å². The molecule has 7 heteroatoms. The van der Waals surface area contributed by atoms with Crippen LogP contribution in [-0.2, 0) is 9.59 Å². The fraction of sp³-hybridized carbons (Fsp3) is 0.824. The van der Waals surface area contributed by atoms with E-state index in [1.54, 1.807) is 11.8 Å². The van der Waals surface area contributed by atoms with E-state index in [0.717, 1.165) is 57.9 Å². The third-order valence-electron chi connectivity index (χ3n) is 4.88. The van der Waals surface area contributed by atoms with Crippen molar-refractivity contribution < 1.29 is 9.59 Å². The van der Waals surface area contributed by atoms with Gasteiger partial charge in [0.15, 0.2) is 5.96 Å². The van der Waals surface area contributed by atoms with E-state index in [9.17, 15) is 9.59 Å². The molecular weight excluding hydrogens is 306 g/mol. The number of piperidine rings is 2. The third-order valence-corrected chi connectivity index (χ3v) is 4.88. The molecule has 136 valence electrons. The van der Waals surface area contributed by atoms with Crippen LogP contribution in [0, 0.1) is 5.92 Å². The maximum absolute atomic E-state index is 11.6. The minimum absolute atomic E-state index is 0.169. The zero-order chi connectivity index (χ0) is 17.5. The molecule has 0 bridgehead atoms. The number of amides is 2. The lowest BCUT2D eigenvalue weighted by Crippen LogP contribution is -2.51. The van der Waals surface area contributed by atoms with E-state index in [2.05, 4.69) is 17.6 Å². The van der Waals surface area contributed by atoms with Crippen LogP contribution in [0.4, 0.5) is 0 Å². The largest absolute Gasteiger partial charge is 0.357 e. The molecule has 0 aromatic heterocycles. The molecule has 2 heterocycles. The van der Waals surface area contributed by atoms with Gasteiger partial charge in [-0.15, -0.1) is 0 Å². The fourth-order valence-electron chi connectivity index (χ4n) is 3.29. The summed E-state index contributed by atoms with van der Waals surface area (Å²) in [7, 11) is 1.85. The predicted molar refractivity (Wildman–Crippen MR) is 94.8 cm³/mol. The highest BCUT2D eigenvalue weighted by atomic mass is 16.2. The van der Waals surface area contributed by atoms with Gasteiger partial charge in [0.25, 0.3) is 0 Å². The number of rotatable bonds is 4. The van der Waals surface area contributed by atoms with Crippen LogP contribution in [0.3, 0.4) is 0 Å². The van der Waals surface area contributed by atoms with Crippen LogP contribution in [0.15, 0.2) is 4.99 Å². The first-order valence-electron chi connectivity index (χ1n) is 9.04. The van der Waals surface area contributed by atoms with Crippen molar-refractivity contribution in [2.24, 2.45) is 10.9 Å². The van der Waals surface area contributed by atoms with Gasteiger partial charge in [0.05, 0.1) is 0 Å². The van der Waals surface area contributed by atoms with Crippen LogP contribution >= 0.6 is 0 Å². The second kappa shape index (κ2) is 8.89. The lowest BCUT2D eigenvalue weighted by Gasteiger charge is -2.32. The van der Waals surface area contributed by atoms with E-state index in [4.69, 9.17) is 4.99 Å². The number of aliphatic imine (C=N–C) groups is 1. The molecule has 2 aliphatic rings. The van der Waals surface area contributed by atoms with Gasteiger partial charge in [-0.05, 0) is 32.1 Å². The molecule has 0 aromatic carbocycles. The Labute approximate surface area is 144 Å². The minimum atomic E-state index is 0.169. The summed E-state index contributed by atoms with van der Waals surface area (Å²) in [5.74, 6) is 1.75. The van der Waals surface area contributed by atoms with Crippen molar-refractivity contribution in [3.05, 3.63) is 0 Å². The Morgan fingerprint density at radius 1 is 1.29 bits per heavy atom. The molecule has 1 atom stereocenters. The summed E-state index contributed by atoms with van der Waals surface area (Å²) in [5, 5.41) is 6.75. The van der Waals surface area contributed by atoms with Crippen molar-refractivity contribution in [1.82, 2.24) is 20.4 Å². The zero-order valence-corrected chi connectivity index (χ0v) is 15.2. The van der Waals surface area contributed by atoms with Gasteiger partial charge >= 0.3 is 0 Å². The van der Waals surface area contributed by atoms with Crippen LogP contribution in [0.5, 0.6) is 0 Å². The van der Waals surface area contributed by atoms with E-state index in [-0.39, 0.29) is 17.9 Å². The van der Waals surface area contributed by atoms with Crippen molar-refractivity contribution >= 4 is 17.8 Å². The first kappa shape index (κ1) is 18.5. The van der Waals surface area contributed by atoms with Gasteiger partial charge in [-0.1, -0.05) is 0 Å². The van der Waals surface area contributed by atoms with Crippen molar-refractivity contribution in [3.8, 4) is 0 Å². The normalized spacial score (nSPS) is 23.4. The van der Waals surface area contributed by atoms with Crippen molar-refractivity contribution in [2.45, 2.75) is 45.6 Å². The molecule has 0 saturated carbocycles. The second-order valence-corrected chi connectivity index (χ2v) is 6.82. The molecule has 2 saturated heterocycles. The van der Waals surface area contributed by atoms with Crippen molar-refractivity contribution in [1.29, 1.82) is 0 Å². The third kappa shape index (κ3) is 5.39. The summed E-state index contributed by atoms with van der Waals surface area (Å²) in [4.78, 5) is 31.4. The van der Waals surface area contributed by atoms with Gasteiger partial charge in [-0.25, -0.2) is 0 Å². The first-order valence-corrected chi connectivity index (χ1v) is 9.04. The van der Waals surface area contributed by atoms with Gasteiger partial charge < -0.3 is 20.4 Å². The van der Waals surface area contributed by atoms with Gasteiger partial charge in [0.1, 0.15) is 0 Å². The molecular formula is C17H31N5O2. The Kier molecular flexibility index (Phi) is 6.87. The average molecular weight is 337 g/mol. The summed E-state index contributed by atoms with van der Waals surface area (Å²) in [5.41, 5.74) is 0. The molecule has 0 spiro atoms. The Bertz CT molecular complexity index is 472.